The van der Waals surface area contributed by atoms with Crippen molar-refractivity contribution in [1.82, 2.24) is 5.32 Å². The molecule has 0 aromatic heterocycles. The Hall–Kier alpha value is -0.480. The van der Waals surface area contributed by atoms with Gasteiger partial charge in [-0.15, -0.1) is 0 Å². The number of aryl methyl sites for hydroxylation is 1. The van der Waals surface area contributed by atoms with Gasteiger partial charge in [0.25, 0.3) is 0 Å². The van der Waals surface area contributed by atoms with Gasteiger partial charge in [0.2, 0.25) is 0 Å². The molecule has 0 heterocycles. The highest BCUT2D eigenvalue weighted by Gasteiger charge is 2.08. The number of unbranched alkanes of at least 4 members (excludes halogenated alkanes) is 2. The van der Waals surface area contributed by atoms with E-state index in [1.807, 2.05) is 19.1 Å². The van der Waals surface area contributed by atoms with Crippen LogP contribution in [0.15, 0.2) is 12.1 Å². The predicted octanol–water partition coefficient (Wildman–Crippen LogP) is 4.34. The van der Waals surface area contributed by atoms with Crippen molar-refractivity contribution in [2.24, 2.45) is 0 Å². The van der Waals surface area contributed by atoms with E-state index in [1.165, 1.54) is 6.42 Å². The SMILES string of the molecule is CCOc1cc(Cl)c(CCCCCNCCOC)cc1Cl. The molecule has 0 spiro atoms. The number of hydrogen-bond donors (Lipinski definition) is 1. The van der Waals surface area contributed by atoms with E-state index in [2.05, 4.69) is 5.32 Å². The van der Waals surface area contributed by atoms with Crippen LogP contribution in [0.25, 0.3) is 0 Å². The minimum Gasteiger partial charge on any atom is -0.492 e. The molecule has 1 aromatic carbocycles. The van der Waals surface area contributed by atoms with Gasteiger partial charge < -0.3 is 14.8 Å². The zero-order valence-electron chi connectivity index (χ0n) is 12.9. The molecule has 0 fully saturated rings. The Morgan fingerprint density at radius 3 is 2.57 bits per heavy atom. The third-order valence-electron chi connectivity index (χ3n) is 3.18. The summed E-state index contributed by atoms with van der Waals surface area (Å²) in [6.07, 6.45) is 4.38. The van der Waals surface area contributed by atoms with Gasteiger partial charge in [-0.1, -0.05) is 29.6 Å². The molecule has 120 valence electrons. The molecule has 0 amide bonds. The van der Waals surface area contributed by atoms with Crippen molar-refractivity contribution in [3.05, 3.63) is 27.7 Å². The first-order chi connectivity index (χ1) is 10.2. The third kappa shape index (κ3) is 7.37. The van der Waals surface area contributed by atoms with Gasteiger partial charge >= 0.3 is 0 Å². The Bertz CT molecular complexity index is 414. The molecule has 0 saturated heterocycles. The molecule has 0 aliphatic carbocycles. The van der Waals surface area contributed by atoms with Crippen molar-refractivity contribution in [3.63, 3.8) is 0 Å². The lowest BCUT2D eigenvalue weighted by molar-refractivity contribution is 0.199. The maximum absolute atomic E-state index is 6.27. The van der Waals surface area contributed by atoms with Crippen LogP contribution in [0.5, 0.6) is 5.75 Å². The molecule has 0 aliphatic rings. The molecule has 0 atom stereocenters. The molecule has 0 bridgehead atoms. The molecule has 1 N–H and O–H groups in total. The normalized spacial score (nSPS) is 10.9. The smallest absolute Gasteiger partial charge is 0.139 e. The predicted molar refractivity (Wildman–Crippen MR) is 89.9 cm³/mol. The fraction of sp³-hybridized carbons (Fsp3) is 0.625. The summed E-state index contributed by atoms with van der Waals surface area (Å²) in [6, 6.07) is 3.74. The largest absolute Gasteiger partial charge is 0.492 e. The first-order valence-corrected chi connectivity index (χ1v) is 8.25. The molecule has 0 aliphatic heterocycles. The minimum absolute atomic E-state index is 0.589. The lowest BCUT2D eigenvalue weighted by Gasteiger charge is -2.10. The summed E-state index contributed by atoms with van der Waals surface area (Å²) in [7, 11) is 1.72. The average molecular weight is 334 g/mol. The summed E-state index contributed by atoms with van der Waals surface area (Å²) >= 11 is 12.5. The van der Waals surface area contributed by atoms with Crippen molar-refractivity contribution >= 4 is 23.2 Å². The summed E-state index contributed by atoms with van der Waals surface area (Å²) in [5, 5.41) is 4.71. The first kappa shape index (κ1) is 18.6. The number of halogens is 2. The van der Waals surface area contributed by atoms with Gasteiger partial charge in [0.1, 0.15) is 5.75 Å². The third-order valence-corrected chi connectivity index (χ3v) is 3.83. The van der Waals surface area contributed by atoms with Crippen LogP contribution in [0.3, 0.4) is 0 Å². The van der Waals surface area contributed by atoms with E-state index in [1.54, 1.807) is 7.11 Å². The number of nitrogens with one attached hydrogen (secondary N) is 1. The molecule has 0 radical (unpaired) electrons. The van der Waals surface area contributed by atoms with Crippen LogP contribution >= 0.6 is 23.2 Å². The quantitative estimate of drug-likeness (QED) is 0.611. The molecule has 3 nitrogen and oxygen atoms in total. The van der Waals surface area contributed by atoms with Crippen molar-refractivity contribution in [1.29, 1.82) is 0 Å². The van der Waals surface area contributed by atoms with E-state index in [4.69, 9.17) is 32.7 Å². The highest BCUT2D eigenvalue weighted by Crippen LogP contribution is 2.32. The van der Waals surface area contributed by atoms with Gasteiger partial charge in [-0.25, -0.2) is 0 Å². The maximum Gasteiger partial charge on any atom is 0.139 e. The Balaban J connectivity index is 2.27. The molecular weight excluding hydrogens is 309 g/mol. The second-order valence-electron chi connectivity index (χ2n) is 4.86. The Kier molecular flexibility index (Phi) is 9.85. The molecule has 1 rings (SSSR count). The van der Waals surface area contributed by atoms with Gasteiger partial charge in [-0.3, -0.25) is 0 Å². The van der Waals surface area contributed by atoms with Gasteiger partial charge in [0, 0.05) is 24.7 Å². The zero-order chi connectivity index (χ0) is 15.5. The lowest BCUT2D eigenvalue weighted by Crippen LogP contribution is -2.20. The standard InChI is InChI=1S/C16H25Cl2NO2/c1-3-21-16-12-14(17)13(11-15(16)18)7-5-4-6-8-19-9-10-20-2/h11-12,19H,3-10H2,1-2H3. The second kappa shape index (κ2) is 11.1. The summed E-state index contributed by atoms with van der Waals surface area (Å²) in [5.74, 6) is 0.662. The van der Waals surface area contributed by atoms with Crippen molar-refractivity contribution in [2.45, 2.75) is 32.6 Å². The molecule has 1 aromatic rings. The molecular formula is C16H25Cl2NO2. The lowest BCUT2D eigenvalue weighted by atomic mass is 10.1. The molecule has 21 heavy (non-hydrogen) atoms. The Morgan fingerprint density at radius 1 is 1.05 bits per heavy atom. The van der Waals surface area contributed by atoms with Crippen LogP contribution in [0, 0.1) is 0 Å². The van der Waals surface area contributed by atoms with Crippen LogP contribution in [-0.2, 0) is 11.2 Å². The van der Waals surface area contributed by atoms with Gasteiger partial charge in [0.15, 0.2) is 0 Å². The Morgan fingerprint density at radius 2 is 1.86 bits per heavy atom. The highest BCUT2D eigenvalue weighted by molar-refractivity contribution is 6.34. The van der Waals surface area contributed by atoms with Crippen LogP contribution in [-0.4, -0.2) is 33.4 Å². The summed E-state index contributed by atoms with van der Waals surface area (Å²) in [4.78, 5) is 0. The summed E-state index contributed by atoms with van der Waals surface area (Å²) in [6.45, 7) is 5.22. The van der Waals surface area contributed by atoms with Gasteiger partial charge in [-0.2, -0.15) is 0 Å². The number of methoxy groups -OCH3 is 1. The van der Waals surface area contributed by atoms with E-state index in [0.717, 1.165) is 49.5 Å². The van der Waals surface area contributed by atoms with Gasteiger partial charge in [0.05, 0.1) is 18.2 Å². The molecule has 5 heteroatoms. The van der Waals surface area contributed by atoms with Crippen molar-refractivity contribution in [2.75, 3.05) is 33.4 Å². The fourth-order valence-electron chi connectivity index (χ4n) is 2.07. The van der Waals surface area contributed by atoms with E-state index in [0.29, 0.717) is 17.4 Å². The Labute approximate surface area is 137 Å². The average Bonchev–Trinajstić information content (AvgIpc) is 2.46. The van der Waals surface area contributed by atoms with E-state index >= 15 is 0 Å². The van der Waals surface area contributed by atoms with Crippen LogP contribution < -0.4 is 10.1 Å². The van der Waals surface area contributed by atoms with Crippen molar-refractivity contribution < 1.29 is 9.47 Å². The molecule has 0 unspecified atom stereocenters. The summed E-state index contributed by atoms with van der Waals surface area (Å²) in [5.41, 5.74) is 1.09. The number of ether oxygens (including phenoxy) is 2. The summed E-state index contributed by atoms with van der Waals surface area (Å²) < 4.78 is 10.4. The monoisotopic (exact) mass is 333 g/mol. The second-order valence-corrected chi connectivity index (χ2v) is 5.67. The van der Waals surface area contributed by atoms with Crippen LogP contribution in [0.2, 0.25) is 10.0 Å². The van der Waals surface area contributed by atoms with E-state index < -0.39 is 0 Å². The molecule has 0 saturated carbocycles. The zero-order valence-corrected chi connectivity index (χ0v) is 14.4. The van der Waals surface area contributed by atoms with Crippen LogP contribution in [0.1, 0.15) is 31.7 Å². The van der Waals surface area contributed by atoms with Crippen LogP contribution in [0.4, 0.5) is 0 Å². The van der Waals surface area contributed by atoms with E-state index in [-0.39, 0.29) is 0 Å². The fourth-order valence-corrected chi connectivity index (χ4v) is 2.56. The first-order valence-electron chi connectivity index (χ1n) is 7.49. The number of rotatable bonds is 11. The van der Waals surface area contributed by atoms with Crippen molar-refractivity contribution in [3.8, 4) is 5.75 Å². The highest BCUT2D eigenvalue weighted by atomic mass is 35.5. The maximum atomic E-state index is 6.27. The van der Waals surface area contributed by atoms with Gasteiger partial charge in [-0.05, 0) is 44.4 Å². The topological polar surface area (TPSA) is 30.5 Å². The van der Waals surface area contributed by atoms with E-state index in [9.17, 15) is 0 Å². The number of benzene rings is 1. The minimum atomic E-state index is 0.589. The number of hydrogen-bond acceptors (Lipinski definition) is 3.